The van der Waals surface area contributed by atoms with Gasteiger partial charge in [-0.15, -0.1) is 0 Å². The molecule has 0 aromatic rings. The smallest absolute Gasteiger partial charge is 0.188 e. The lowest BCUT2D eigenvalue weighted by molar-refractivity contribution is 0.252. The van der Waals surface area contributed by atoms with Gasteiger partial charge in [0, 0.05) is 6.54 Å². The van der Waals surface area contributed by atoms with Crippen molar-refractivity contribution in [3.8, 4) is 0 Å². The van der Waals surface area contributed by atoms with E-state index in [4.69, 9.17) is 10.8 Å². The number of aliphatic hydroxyl groups excluding tert-OH is 1. The van der Waals surface area contributed by atoms with Crippen LogP contribution in [0.3, 0.4) is 0 Å². The molecule has 0 unspecified atom stereocenters. The Bertz CT molecular complexity index is 191. The first-order valence-corrected chi connectivity index (χ1v) is 6.91. The molecule has 4 nitrogen and oxygen atoms in total. The Morgan fingerprint density at radius 3 is 2.41 bits per heavy atom. The van der Waals surface area contributed by atoms with Crippen molar-refractivity contribution >= 4 is 5.96 Å². The first-order valence-electron chi connectivity index (χ1n) is 6.91. The van der Waals surface area contributed by atoms with Gasteiger partial charge in [-0.1, -0.05) is 46.0 Å². The molecule has 0 heterocycles. The summed E-state index contributed by atoms with van der Waals surface area (Å²) in [7, 11) is 0. The number of unbranched alkanes of at least 4 members (excludes halogenated alkanes) is 5. The summed E-state index contributed by atoms with van der Waals surface area (Å²) in [5, 5.41) is 12.0. The summed E-state index contributed by atoms with van der Waals surface area (Å²) in [6.45, 7) is 5.12. The second-order valence-corrected chi connectivity index (χ2v) is 4.47. The van der Waals surface area contributed by atoms with E-state index in [0.717, 1.165) is 19.4 Å². The van der Waals surface area contributed by atoms with Crippen LogP contribution in [0.25, 0.3) is 0 Å². The minimum atomic E-state index is 0.0308. The fraction of sp³-hybridized carbons (Fsp3) is 0.923. The lowest BCUT2D eigenvalue weighted by Gasteiger charge is -2.14. The van der Waals surface area contributed by atoms with Crippen LogP contribution in [0.1, 0.15) is 58.8 Å². The van der Waals surface area contributed by atoms with Crippen LogP contribution in [-0.4, -0.2) is 30.3 Å². The number of nitrogens with two attached hydrogens (primary N) is 1. The maximum atomic E-state index is 8.99. The number of hydrogen-bond donors (Lipinski definition) is 3. The Morgan fingerprint density at radius 2 is 1.82 bits per heavy atom. The van der Waals surface area contributed by atoms with Gasteiger partial charge in [0.05, 0.1) is 12.6 Å². The van der Waals surface area contributed by atoms with E-state index in [-0.39, 0.29) is 12.6 Å². The summed E-state index contributed by atoms with van der Waals surface area (Å²) in [4.78, 5) is 4.25. The van der Waals surface area contributed by atoms with Crippen molar-refractivity contribution < 1.29 is 5.11 Å². The van der Waals surface area contributed by atoms with Crippen LogP contribution in [0, 0.1) is 0 Å². The van der Waals surface area contributed by atoms with Gasteiger partial charge in [-0.3, -0.25) is 4.99 Å². The molecule has 0 bridgehead atoms. The monoisotopic (exact) mass is 243 g/mol. The Kier molecular flexibility index (Phi) is 11.2. The van der Waals surface area contributed by atoms with Gasteiger partial charge in [-0.25, -0.2) is 0 Å². The zero-order chi connectivity index (χ0) is 12.9. The van der Waals surface area contributed by atoms with Crippen LogP contribution in [0.15, 0.2) is 4.99 Å². The van der Waals surface area contributed by atoms with Gasteiger partial charge in [-0.05, 0) is 12.8 Å². The minimum Gasteiger partial charge on any atom is -0.394 e. The van der Waals surface area contributed by atoms with Crippen molar-refractivity contribution in [2.75, 3.05) is 13.2 Å². The van der Waals surface area contributed by atoms with Gasteiger partial charge in [0.15, 0.2) is 5.96 Å². The van der Waals surface area contributed by atoms with Crippen molar-refractivity contribution in [2.24, 2.45) is 10.7 Å². The highest BCUT2D eigenvalue weighted by Gasteiger charge is 2.03. The largest absolute Gasteiger partial charge is 0.394 e. The molecule has 0 spiro atoms. The number of rotatable bonds is 10. The lowest BCUT2D eigenvalue weighted by Crippen LogP contribution is -2.41. The highest BCUT2D eigenvalue weighted by atomic mass is 16.3. The number of hydrogen-bond acceptors (Lipinski definition) is 2. The quantitative estimate of drug-likeness (QED) is 0.312. The molecule has 0 aliphatic heterocycles. The lowest BCUT2D eigenvalue weighted by atomic mass is 10.1. The summed E-state index contributed by atoms with van der Waals surface area (Å²) >= 11 is 0. The van der Waals surface area contributed by atoms with Crippen LogP contribution in [0.4, 0.5) is 0 Å². The molecule has 17 heavy (non-hydrogen) atoms. The second-order valence-electron chi connectivity index (χ2n) is 4.47. The minimum absolute atomic E-state index is 0.0308. The number of guanidine groups is 1. The number of aliphatic imine (C=N–C) groups is 1. The fourth-order valence-corrected chi connectivity index (χ4v) is 1.62. The molecule has 1 atom stereocenters. The summed E-state index contributed by atoms with van der Waals surface area (Å²) in [5.41, 5.74) is 5.72. The topological polar surface area (TPSA) is 70.6 Å². The Labute approximate surface area is 106 Å². The summed E-state index contributed by atoms with van der Waals surface area (Å²) < 4.78 is 0. The van der Waals surface area contributed by atoms with E-state index in [1.807, 2.05) is 6.92 Å². The molecule has 102 valence electrons. The molecule has 4 heteroatoms. The third-order valence-corrected chi connectivity index (χ3v) is 2.86. The Balaban J connectivity index is 3.49. The van der Waals surface area contributed by atoms with Gasteiger partial charge >= 0.3 is 0 Å². The van der Waals surface area contributed by atoms with E-state index in [2.05, 4.69) is 17.2 Å². The maximum Gasteiger partial charge on any atom is 0.188 e. The maximum absolute atomic E-state index is 8.99. The fourth-order valence-electron chi connectivity index (χ4n) is 1.62. The Morgan fingerprint density at radius 1 is 1.18 bits per heavy atom. The van der Waals surface area contributed by atoms with E-state index in [0.29, 0.717) is 5.96 Å². The summed E-state index contributed by atoms with van der Waals surface area (Å²) in [5.74, 6) is 0.458. The third kappa shape index (κ3) is 10.1. The van der Waals surface area contributed by atoms with Gasteiger partial charge in [-0.2, -0.15) is 0 Å². The third-order valence-electron chi connectivity index (χ3n) is 2.86. The number of nitrogens with zero attached hydrogens (tertiary/aromatic N) is 1. The number of aliphatic hydroxyl groups is 1. The molecule has 0 saturated heterocycles. The van der Waals surface area contributed by atoms with E-state index < -0.39 is 0 Å². The van der Waals surface area contributed by atoms with E-state index in [1.54, 1.807) is 0 Å². The summed E-state index contributed by atoms with van der Waals surface area (Å²) in [6, 6.07) is 0.0308. The molecule has 0 aliphatic carbocycles. The van der Waals surface area contributed by atoms with Crippen LogP contribution < -0.4 is 11.1 Å². The van der Waals surface area contributed by atoms with Crippen LogP contribution in [-0.2, 0) is 0 Å². The molecule has 0 radical (unpaired) electrons. The zero-order valence-electron chi connectivity index (χ0n) is 11.4. The second kappa shape index (κ2) is 11.7. The predicted molar refractivity (Wildman–Crippen MR) is 74.2 cm³/mol. The normalized spacial score (nSPS) is 13.7. The predicted octanol–water partition coefficient (Wildman–Crippen LogP) is 2.02. The van der Waals surface area contributed by atoms with Gasteiger partial charge in [0.1, 0.15) is 0 Å². The molecule has 0 amide bonds. The highest BCUT2D eigenvalue weighted by molar-refractivity contribution is 5.78. The van der Waals surface area contributed by atoms with E-state index >= 15 is 0 Å². The van der Waals surface area contributed by atoms with Gasteiger partial charge in [0.2, 0.25) is 0 Å². The molecule has 0 fully saturated rings. The molecule has 0 aromatic carbocycles. The van der Waals surface area contributed by atoms with Crippen molar-refractivity contribution in [1.29, 1.82) is 0 Å². The molecule has 0 aromatic heterocycles. The van der Waals surface area contributed by atoms with Gasteiger partial charge < -0.3 is 16.2 Å². The molecular weight excluding hydrogens is 214 g/mol. The summed E-state index contributed by atoms with van der Waals surface area (Å²) in [6.07, 6.45) is 8.43. The zero-order valence-corrected chi connectivity index (χ0v) is 11.4. The van der Waals surface area contributed by atoms with Gasteiger partial charge in [0.25, 0.3) is 0 Å². The standard InChI is InChI=1S/C13H29N3O/c1-3-5-6-7-8-9-10-15-13(14)16-12(4-2)11-17/h12,17H,3-11H2,1-2H3,(H3,14,15,16)/t12-/m1/s1. The van der Waals surface area contributed by atoms with Crippen molar-refractivity contribution in [3.63, 3.8) is 0 Å². The highest BCUT2D eigenvalue weighted by Crippen LogP contribution is 2.04. The van der Waals surface area contributed by atoms with Crippen LogP contribution in [0.5, 0.6) is 0 Å². The van der Waals surface area contributed by atoms with E-state index in [9.17, 15) is 0 Å². The Hall–Kier alpha value is -0.770. The molecule has 0 aliphatic rings. The van der Waals surface area contributed by atoms with Crippen LogP contribution in [0.2, 0.25) is 0 Å². The molecule has 0 rings (SSSR count). The SMILES string of the molecule is CCCCCCCCN=C(N)N[C@H](CC)CO. The average Bonchev–Trinajstić information content (AvgIpc) is 2.34. The molecular formula is C13H29N3O. The first kappa shape index (κ1) is 16.2. The first-order chi connectivity index (χ1) is 8.24. The van der Waals surface area contributed by atoms with Crippen molar-refractivity contribution in [1.82, 2.24) is 5.32 Å². The number of nitrogens with one attached hydrogen (secondary N) is 1. The van der Waals surface area contributed by atoms with Crippen LogP contribution >= 0.6 is 0 Å². The average molecular weight is 243 g/mol. The van der Waals surface area contributed by atoms with Crippen molar-refractivity contribution in [2.45, 2.75) is 64.8 Å². The van der Waals surface area contributed by atoms with Crippen molar-refractivity contribution in [3.05, 3.63) is 0 Å². The molecule has 0 saturated carbocycles. The van der Waals surface area contributed by atoms with E-state index in [1.165, 1.54) is 32.1 Å². The molecule has 4 N–H and O–H groups in total.